The predicted octanol–water partition coefficient (Wildman–Crippen LogP) is 8.98. The first-order chi connectivity index (χ1) is 20.8. The molecule has 0 aliphatic heterocycles. The summed E-state index contributed by atoms with van der Waals surface area (Å²) in [6.07, 6.45) is 9.43. The first-order valence-electron chi connectivity index (χ1n) is 14.5. The number of hydrogen-bond acceptors (Lipinski definition) is 1. The summed E-state index contributed by atoms with van der Waals surface area (Å²) in [6.45, 7) is 0.850. The van der Waals surface area contributed by atoms with Crippen LogP contribution in [-0.2, 0) is 6.54 Å². The van der Waals surface area contributed by atoms with E-state index < -0.39 is 0 Å². The Labute approximate surface area is 244 Å². The second kappa shape index (κ2) is 9.87. The van der Waals surface area contributed by atoms with Gasteiger partial charge in [0.2, 0.25) is 6.20 Å². The normalized spacial score (nSPS) is 11.6. The highest BCUT2D eigenvalue weighted by Crippen LogP contribution is 2.39. The van der Waals surface area contributed by atoms with Gasteiger partial charge in [-0.25, -0.2) is 0 Å². The highest BCUT2D eigenvalue weighted by Gasteiger charge is 2.24. The number of para-hydroxylation sites is 1. The molecule has 0 spiro atoms. The van der Waals surface area contributed by atoms with Crippen LogP contribution in [0.3, 0.4) is 0 Å². The summed E-state index contributed by atoms with van der Waals surface area (Å²) in [6, 6.07) is 43.5. The zero-order chi connectivity index (χ0) is 28.0. The van der Waals surface area contributed by atoms with E-state index in [-0.39, 0.29) is 0 Å². The highest BCUT2D eigenvalue weighted by atomic mass is 15.2. The third-order valence-corrected chi connectivity index (χ3v) is 8.45. The van der Waals surface area contributed by atoms with Crippen LogP contribution in [0.15, 0.2) is 128 Å². The Kier molecular flexibility index (Phi) is 5.72. The molecule has 42 heavy (non-hydrogen) atoms. The van der Waals surface area contributed by atoms with Crippen molar-refractivity contribution in [1.29, 1.82) is 0 Å². The Morgan fingerprint density at radius 1 is 0.643 bits per heavy atom. The van der Waals surface area contributed by atoms with Crippen molar-refractivity contribution in [2.24, 2.45) is 0 Å². The molecule has 0 N–H and O–H groups in total. The van der Waals surface area contributed by atoms with Gasteiger partial charge in [-0.05, 0) is 44.1 Å². The van der Waals surface area contributed by atoms with Crippen LogP contribution < -0.4 is 4.52 Å². The first-order valence-corrected chi connectivity index (χ1v) is 14.5. The molecule has 0 saturated heterocycles. The molecule has 0 aliphatic carbocycles. The van der Waals surface area contributed by atoms with Crippen molar-refractivity contribution in [3.8, 4) is 34.7 Å². The van der Waals surface area contributed by atoms with Crippen molar-refractivity contribution >= 4 is 48.9 Å². The summed E-state index contributed by atoms with van der Waals surface area (Å²) in [5.74, 6) is 2.82. The number of aryl methyl sites for hydroxylation is 1. The maximum atomic E-state index is 5.65. The summed E-state index contributed by atoms with van der Waals surface area (Å²) in [5.41, 5.74) is 7.89. The van der Waals surface area contributed by atoms with Gasteiger partial charge in [-0.15, -0.1) is 12.3 Å². The van der Waals surface area contributed by atoms with Gasteiger partial charge in [0.15, 0.2) is 0 Å². The van der Waals surface area contributed by atoms with E-state index in [1.54, 1.807) is 0 Å². The van der Waals surface area contributed by atoms with Gasteiger partial charge in [-0.3, -0.25) is 0 Å². The molecule has 3 nitrogen and oxygen atoms in total. The van der Waals surface area contributed by atoms with Crippen LogP contribution in [-0.4, -0.2) is 9.67 Å². The van der Waals surface area contributed by atoms with Crippen molar-refractivity contribution in [2.75, 3.05) is 0 Å². The molecule has 0 atom stereocenters. The van der Waals surface area contributed by atoms with Gasteiger partial charge >= 0.3 is 0 Å². The molecule has 0 bridgehead atoms. The van der Waals surface area contributed by atoms with E-state index in [9.17, 15) is 0 Å². The molecule has 0 unspecified atom stereocenters. The monoisotopic (exact) mass is 538 g/mol. The average Bonchev–Trinajstić information content (AvgIpc) is 3.37. The standard InChI is InChI=1S/C39H28N3/c1-2-3-10-24-41-36-22-9-8-19-32(36)34-23-25-42-37(39(34)41)26-35(31-20-11-15-27-13-4-6-17-29(27)31)38(40-42)33-21-12-16-28-14-5-7-18-30(28)33/h1,4-9,11-23,25-26H,3,10,24H2/q+1. The molecule has 8 rings (SSSR count). The van der Waals surface area contributed by atoms with Gasteiger partial charge < -0.3 is 4.57 Å². The molecule has 0 fully saturated rings. The van der Waals surface area contributed by atoms with Crippen molar-refractivity contribution in [1.82, 2.24) is 9.67 Å². The summed E-state index contributed by atoms with van der Waals surface area (Å²) >= 11 is 0. The molecule has 5 aromatic carbocycles. The lowest BCUT2D eigenvalue weighted by atomic mass is 9.92. The quantitative estimate of drug-likeness (QED) is 0.122. The van der Waals surface area contributed by atoms with Crippen LogP contribution in [0, 0.1) is 12.3 Å². The Bertz CT molecular complexity index is 2340. The second-order valence-electron chi connectivity index (χ2n) is 10.8. The van der Waals surface area contributed by atoms with Crippen molar-refractivity contribution in [3.63, 3.8) is 0 Å². The predicted molar refractivity (Wildman–Crippen MR) is 174 cm³/mol. The number of terminal acetylenes is 1. The van der Waals surface area contributed by atoms with E-state index in [2.05, 4.69) is 143 Å². The van der Waals surface area contributed by atoms with E-state index in [4.69, 9.17) is 11.5 Å². The van der Waals surface area contributed by atoms with Crippen LogP contribution >= 0.6 is 0 Å². The lowest BCUT2D eigenvalue weighted by Gasteiger charge is -2.13. The van der Waals surface area contributed by atoms with Crippen LogP contribution in [0.25, 0.3) is 71.3 Å². The van der Waals surface area contributed by atoms with Crippen molar-refractivity contribution in [3.05, 3.63) is 128 Å². The minimum absolute atomic E-state index is 0.747. The number of unbranched alkanes of at least 4 members (excludes halogenated alkanes) is 1. The molecule has 3 heterocycles. The average molecular weight is 539 g/mol. The summed E-state index contributed by atoms with van der Waals surface area (Å²) in [5, 5.41) is 12.7. The lowest BCUT2D eigenvalue weighted by molar-refractivity contribution is -0.578. The van der Waals surface area contributed by atoms with E-state index >= 15 is 0 Å². The number of pyridine rings is 1. The number of nitrogens with zero attached hydrogens (tertiary/aromatic N) is 3. The van der Waals surface area contributed by atoms with Gasteiger partial charge in [-0.1, -0.05) is 103 Å². The SMILES string of the molecule is C#CCCCn1c2ccccc2c2cc[n+]3nc(-c4cccc5ccccc45)c(-c4cccc5ccccc45)cc3c21. The maximum Gasteiger partial charge on any atom is 0.262 e. The van der Waals surface area contributed by atoms with E-state index in [0.717, 1.165) is 41.7 Å². The van der Waals surface area contributed by atoms with E-state index in [1.165, 1.54) is 48.9 Å². The van der Waals surface area contributed by atoms with Crippen molar-refractivity contribution < 1.29 is 4.52 Å². The molecular weight excluding hydrogens is 510 g/mol. The molecule has 0 amide bonds. The fourth-order valence-electron chi connectivity index (χ4n) is 6.57. The van der Waals surface area contributed by atoms with Gasteiger partial charge in [0.25, 0.3) is 5.52 Å². The van der Waals surface area contributed by atoms with Crippen LogP contribution in [0.5, 0.6) is 0 Å². The smallest absolute Gasteiger partial charge is 0.262 e. The third kappa shape index (κ3) is 3.77. The number of aromatic nitrogens is 3. The molecule has 198 valence electrons. The van der Waals surface area contributed by atoms with Crippen LogP contribution in [0.2, 0.25) is 0 Å². The largest absolute Gasteiger partial charge is 0.335 e. The summed E-state index contributed by atoms with van der Waals surface area (Å²) in [4.78, 5) is 0. The maximum absolute atomic E-state index is 5.65. The molecular formula is C39H28N3+. The zero-order valence-corrected chi connectivity index (χ0v) is 23.2. The number of benzene rings is 5. The highest BCUT2D eigenvalue weighted by molar-refractivity contribution is 6.13. The topological polar surface area (TPSA) is 21.9 Å². The second-order valence-corrected chi connectivity index (χ2v) is 10.8. The van der Waals surface area contributed by atoms with Gasteiger partial charge in [-0.2, -0.15) is 0 Å². The minimum atomic E-state index is 0.747. The molecule has 3 heteroatoms. The molecule has 0 aliphatic rings. The Morgan fingerprint density at radius 2 is 1.29 bits per heavy atom. The van der Waals surface area contributed by atoms with Gasteiger partial charge in [0.05, 0.1) is 0 Å². The number of rotatable bonds is 5. The number of fused-ring (bicyclic) bond motifs is 7. The fraction of sp³-hybridized carbons (Fsp3) is 0.0769. The van der Waals surface area contributed by atoms with Crippen molar-refractivity contribution in [2.45, 2.75) is 19.4 Å². The van der Waals surface area contributed by atoms with Gasteiger partial charge in [0, 0.05) is 57.6 Å². The van der Waals surface area contributed by atoms with Crippen LogP contribution in [0.4, 0.5) is 0 Å². The Morgan fingerprint density at radius 3 is 2.05 bits per heavy atom. The molecule has 3 aromatic heterocycles. The molecule has 0 radical (unpaired) electrons. The molecule has 8 aromatic rings. The third-order valence-electron chi connectivity index (χ3n) is 8.45. The lowest BCUT2D eigenvalue weighted by Crippen LogP contribution is -2.28. The summed E-state index contributed by atoms with van der Waals surface area (Å²) in [7, 11) is 0. The first kappa shape index (κ1) is 24.3. The van der Waals surface area contributed by atoms with E-state index in [1.807, 2.05) is 0 Å². The minimum Gasteiger partial charge on any atom is -0.335 e. The Hall–Kier alpha value is -5.46. The Balaban J connectivity index is 1.52. The summed E-state index contributed by atoms with van der Waals surface area (Å²) < 4.78 is 4.49. The van der Waals surface area contributed by atoms with Crippen LogP contribution in [0.1, 0.15) is 12.8 Å². The number of hydrogen-bond donors (Lipinski definition) is 0. The zero-order valence-electron chi connectivity index (χ0n) is 23.2. The van der Waals surface area contributed by atoms with E-state index in [0.29, 0.717) is 0 Å². The molecule has 0 saturated carbocycles. The fourth-order valence-corrected chi connectivity index (χ4v) is 6.57. The van der Waals surface area contributed by atoms with Gasteiger partial charge in [0.1, 0.15) is 11.2 Å².